The van der Waals surface area contributed by atoms with Crippen LogP contribution in [-0.4, -0.2) is 22.4 Å². The van der Waals surface area contributed by atoms with Crippen LogP contribution in [0.3, 0.4) is 0 Å². The SMILES string of the molecule is CCOC(=O)C(C)=C(c1cccc([N+](=O)[O-])c1)c1cccc([N+](=O)[O-])c1. The molecule has 0 saturated heterocycles. The molecule has 0 aliphatic carbocycles. The number of nitro benzene ring substituents is 2. The van der Waals surface area contributed by atoms with Gasteiger partial charge in [0.15, 0.2) is 0 Å². The number of hydrogen-bond donors (Lipinski definition) is 0. The molecule has 0 heterocycles. The van der Waals surface area contributed by atoms with E-state index in [9.17, 15) is 25.0 Å². The molecule has 0 amide bonds. The van der Waals surface area contributed by atoms with Crippen LogP contribution < -0.4 is 0 Å². The number of benzene rings is 2. The van der Waals surface area contributed by atoms with Crippen LogP contribution in [0, 0.1) is 20.2 Å². The molecule has 0 bridgehead atoms. The summed E-state index contributed by atoms with van der Waals surface area (Å²) in [5, 5.41) is 22.1. The van der Waals surface area contributed by atoms with Gasteiger partial charge in [-0.3, -0.25) is 20.2 Å². The van der Waals surface area contributed by atoms with Crippen LogP contribution in [0.2, 0.25) is 0 Å². The Hall–Kier alpha value is -3.55. The number of rotatable bonds is 6. The second-order valence-electron chi connectivity index (χ2n) is 5.34. The largest absolute Gasteiger partial charge is 0.463 e. The third-order valence-corrected chi connectivity index (χ3v) is 3.65. The van der Waals surface area contributed by atoms with Crippen molar-refractivity contribution in [2.45, 2.75) is 13.8 Å². The average molecular weight is 356 g/mol. The van der Waals surface area contributed by atoms with Gasteiger partial charge in [-0.05, 0) is 30.5 Å². The van der Waals surface area contributed by atoms with Gasteiger partial charge in [0.05, 0.1) is 16.5 Å². The number of carbonyl (C=O) groups is 1. The lowest BCUT2D eigenvalue weighted by Crippen LogP contribution is -2.08. The van der Waals surface area contributed by atoms with Gasteiger partial charge in [-0.15, -0.1) is 0 Å². The third-order valence-electron chi connectivity index (χ3n) is 3.65. The smallest absolute Gasteiger partial charge is 0.334 e. The molecule has 0 spiro atoms. The second-order valence-corrected chi connectivity index (χ2v) is 5.34. The van der Waals surface area contributed by atoms with Crippen molar-refractivity contribution in [2.24, 2.45) is 0 Å². The van der Waals surface area contributed by atoms with Crippen molar-refractivity contribution in [1.82, 2.24) is 0 Å². The summed E-state index contributed by atoms with van der Waals surface area (Å²) in [5.74, 6) is -0.597. The highest BCUT2D eigenvalue weighted by atomic mass is 16.6. The molecule has 2 rings (SSSR count). The van der Waals surface area contributed by atoms with Gasteiger partial charge in [-0.2, -0.15) is 0 Å². The first-order valence-corrected chi connectivity index (χ1v) is 7.72. The van der Waals surface area contributed by atoms with E-state index in [2.05, 4.69) is 0 Å². The van der Waals surface area contributed by atoms with Gasteiger partial charge >= 0.3 is 5.97 Å². The molecule has 8 nitrogen and oxygen atoms in total. The molecule has 8 heteroatoms. The molecule has 134 valence electrons. The van der Waals surface area contributed by atoms with Crippen molar-refractivity contribution in [3.63, 3.8) is 0 Å². The van der Waals surface area contributed by atoms with Crippen molar-refractivity contribution in [2.75, 3.05) is 6.61 Å². The lowest BCUT2D eigenvalue weighted by atomic mass is 9.93. The Labute approximate surface area is 149 Å². The van der Waals surface area contributed by atoms with E-state index < -0.39 is 15.8 Å². The summed E-state index contributed by atoms with van der Waals surface area (Å²) < 4.78 is 5.02. The molecule has 0 unspecified atom stereocenters. The van der Waals surface area contributed by atoms with E-state index in [1.54, 1.807) is 19.1 Å². The van der Waals surface area contributed by atoms with E-state index in [0.29, 0.717) is 16.7 Å². The molecule has 0 aromatic heterocycles. The van der Waals surface area contributed by atoms with Crippen LogP contribution in [0.15, 0.2) is 54.1 Å². The van der Waals surface area contributed by atoms with Crippen molar-refractivity contribution in [3.05, 3.63) is 85.5 Å². The van der Waals surface area contributed by atoms with Gasteiger partial charge in [0.1, 0.15) is 0 Å². The first-order chi connectivity index (χ1) is 12.3. The van der Waals surface area contributed by atoms with Crippen molar-refractivity contribution < 1.29 is 19.4 Å². The summed E-state index contributed by atoms with van der Waals surface area (Å²) >= 11 is 0. The molecular weight excluding hydrogens is 340 g/mol. The van der Waals surface area contributed by atoms with E-state index in [4.69, 9.17) is 4.74 Å². The monoisotopic (exact) mass is 356 g/mol. The number of ether oxygens (including phenoxy) is 1. The molecule has 0 radical (unpaired) electrons. The number of non-ortho nitro benzene ring substituents is 2. The van der Waals surface area contributed by atoms with Crippen molar-refractivity contribution in [1.29, 1.82) is 0 Å². The molecule has 2 aromatic carbocycles. The third kappa shape index (κ3) is 4.10. The van der Waals surface area contributed by atoms with Gasteiger partial charge in [0, 0.05) is 29.8 Å². The summed E-state index contributed by atoms with van der Waals surface area (Å²) in [6.45, 7) is 3.34. The Morgan fingerprint density at radius 1 is 0.962 bits per heavy atom. The van der Waals surface area contributed by atoms with Crippen molar-refractivity contribution in [3.8, 4) is 0 Å². The highest BCUT2D eigenvalue weighted by Crippen LogP contribution is 2.31. The van der Waals surface area contributed by atoms with Gasteiger partial charge in [-0.25, -0.2) is 4.79 Å². The zero-order valence-corrected chi connectivity index (χ0v) is 14.2. The molecule has 0 aliphatic heterocycles. The summed E-state index contributed by atoms with van der Waals surface area (Å²) in [7, 11) is 0. The maximum atomic E-state index is 12.2. The molecule has 26 heavy (non-hydrogen) atoms. The fraction of sp³-hybridized carbons (Fsp3) is 0.167. The minimum Gasteiger partial charge on any atom is -0.463 e. The summed E-state index contributed by atoms with van der Waals surface area (Å²) in [5.41, 5.74) is 1.03. The molecule has 0 atom stereocenters. The zero-order valence-electron chi connectivity index (χ0n) is 14.2. The van der Waals surface area contributed by atoms with Crippen LogP contribution in [0.1, 0.15) is 25.0 Å². The number of hydrogen-bond acceptors (Lipinski definition) is 6. The van der Waals surface area contributed by atoms with Gasteiger partial charge in [0.25, 0.3) is 11.4 Å². The Bertz CT molecular complexity index is 845. The number of nitro groups is 2. The lowest BCUT2D eigenvalue weighted by molar-refractivity contribution is -0.385. The highest BCUT2D eigenvalue weighted by molar-refractivity contribution is 6.01. The quantitative estimate of drug-likeness (QED) is 0.336. The van der Waals surface area contributed by atoms with E-state index >= 15 is 0 Å². The van der Waals surface area contributed by atoms with Crippen LogP contribution in [0.4, 0.5) is 11.4 Å². The highest BCUT2D eigenvalue weighted by Gasteiger charge is 2.19. The summed E-state index contributed by atoms with van der Waals surface area (Å²) in [4.78, 5) is 33.3. The van der Waals surface area contributed by atoms with E-state index in [1.165, 1.54) is 43.3 Å². The van der Waals surface area contributed by atoms with Gasteiger partial charge in [-0.1, -0.05) is 24.3 Å². The summed E-state index contributed by atoms with van der Waals surface area (Å²) in [6, 6.07) is 11.5. The maximum absolute atomic E-state index is 12.2. The number of carbonyl (C=O) groups excluding carboxylic acids is 1. The van der Waals surface area contributed by atoms with Crippen molar-refractivity contribution >= 4 is 22.9 Å². The number of nitrogens with zero attached hydrogens (tertiary/aromatic N) is 2. The fourth-order valence-corrected chi connectivity index (χ4v) is 2.49. The average Bonchev–Trinajstić information content (AvgIpc) is 2.62. The number of esters is 1. The minimum atomic E-state index is -0.597. The standard InChI is InChI=1S/C18H16N2O6/c1-3-26-18(21)12(2)17(13-6-4-8-15(10-13)19(22)23)14-7-5-9-16(11-14)20(24)25/h4-11H,3H2,1-2H3. The van der Waals surface area contributed by atoms with Crippen LogP contribution >= 0.6 is 0 Å². The predicted octanol–water partition coefficient (Wildman–Crippen LogP) is 3.89. The van der Waals surface area contributed by atoms with E-state index in [0.717, 1.165) is 0 Å². The predicted molar refractivity (Wildman–Crippen MR) is 94.5 cm³/mol. The Morgan fingerprint density at radius 3 is 1.81 bits per heavy atom. The van der Waals surface area contributed by atoms with Crippen LogP contribution in [0.5, 0.6) is 0 Å². The normalized spacial score (nSPS) is 10.1. The minimum absolute atomic E-state index is 0.151. The maximum Gasteiger partial charge on any atom is 0.334 e. The molecular formula is C18H16N2O6. The Kier molecular flexibility index (Phi) is 5.79. The molecule has 0 aliphatic rings. The first-order valence-electron chi connectivity index (χ1n) is 7.72. The Morgan fingerprint density at radius 2 is 1.42 bits per heavy atom. The molecule has 0 fully saturated rings. The lowest BCUT2D eigenvalue weighted by Gasteiger charge is -2.13. The molecule has 0 N–H and O–H groups in total. The second kappa shape index (κ2) is 8.02. The van der Waals surface area contributed by atoms with Crippen LogP contribution in [0.25, 0.3) is 5.57 Å². The van der Waals surface area contributed by atoms with Crippen LogP contribution in [-0.2, 0) is 9.53 Å². The molecule has 0 saturated carbocycles. The summed E-state index contributed by atoms with van der Waals surface area (Å²) in [6.07, 6.45) is 0. The fourth-order valence-electron chi connectivity index (χ4n) is 2.49. The first kappa shape index (κ1) is 18.8. The Balaban J connectivity index is 2.71. The van der Waals surface area contributed by atoms with E-state index in [-0.39, 0.29) is 23.6 Å². The van der Waals surface area contributed by atoms with E-state index in [1.807, 2.05) is 0 Å². The van der Waals surface area contributed by atoms with Gasteiger partial charge < -0.3 is 4.74 Å². The molecule has 2 aromatic rings. The topological polar surface area (TPSA) is 113 Å². The van der Waals surface area contributed by atoms with Gasteiger partial charge in [0.2, 0.25) is 0 Å². The zero-order chi connectivity index (χ0) is 19.3.